The molecule has 17 heavy (non-hydrogen) atoms. The SMILES string of the molecule is CC(C)CCC(Cl)c1csc2c(Br)cccc12. The predicted molar refractivity (Wildman–Crippen MR) is 82.2 cm³/mol. The van der Waals surface area contributed by atoms with Crippen LogP contribution >= 0.6 is 38.9 Å². The van der Waals surface area contributed by atoms with Gasteiger partial charge < -0.3 is 0 Å². The van der Waals surface area contributed by atoms with Crippen LogP contribution in [0.15, 0.2) is 28.1 Å². The van der Waals surface area contributed by atoms with E-state index in [1.807, 2.05) is 0 Å². The van der Waals surface area contributed by atoms with Crippen molar-refractivity contribution in [3.8, 4) is 0 Å². The zero-order valence-electron chi connectivity index (χ0n) is 10.0. The number of alkyl halides is 1. The summed E-state index contributed by atoms with van der Waals surface area (Å²) in [5.74, 6) is 0.716. The van der Waals surface area contributed by atoms with Gasteiger partial charge in [0.2, 0.25) is 0 Å². The summed E-state index contributed by atoms with van der Waals surface area (Å²) in [6, 6.07) is 6.32. The van der Waals surface area contributed by atoms with Crippen LogP contribution in [-0.4, -0.2) is 0 Å². The van der Waals surface area contributed by atoms with Gasteiger partial charge in [0.15, 0.2) is 0 Å². The molecule has 0 bridgehead atoms. The Labute approximate surface area is 120 Å². The van der Waals surface area contributed by atoms with Crippen LogP contribution in [0, 0.1) is 5.92 Å². The maximum atomic E-state index is 6.51. The molecular formula is C14H16BrClS. The number of fused-ring (bicyclic) bond motifs is 1. The number of thiophene rings is 1. The van der Waals surface area contributed by atoms with Gasteiger partial charge in [-0.3, -0.25) is 0 Å². The summed E-state index contributed by atoms with van der Waals surface area (Å²) in [6.07, 6.45) is 2.23. The Morgan fingerprint density at radius 3 is 2.76 bits per heavy atom. The second-order valence-electron chi connectivity index (χ2n) is 4.75. The minimum Gasteiger partial charge on any atom is -0.142 e. The molecule has 0 aliphatic carbocycles. The van der Waals surface area contributed by atoms with Crippen LogP contribution in [0.1, 0.15) is 37.6 Å². The van der Waals surface area contributed by atoms with Crippen molar-refractivity contribution in [1.29, 1.82) is 0 Å². The normalized spacial score (nSPS) is 13.5. The summed E-state index contributed by atoms with van der Waals surface area (Å²) in [7, 11) is 0. The number of halogens is 2. The van der Waals surface area contributed by atoms with Gasteiger partial charge in [-0.2, -0.15) is 0 Å². The number of rotatable bonds is 4. The molecule has 1 aromatic carbocycles. The van der Waals surface area contributed by atoms with Crippen molar-refractivity contribution in [3.05, 3.63) is 33.6 Å². The average Bonchev–Trinajstić information content (AvgIpc) is 2.71. The summed E-state index contributed by atoms with van der Waals surface area (Å²) < 4.78 is 2.47. The Kier molecular flexibility index (Phi) is 4.51. The molecule has 0 saturated carbocycles. The molecule has 1 heterocycles. The van der Waals surface area contributed by atoms with Crippen LogP contribution in [0.3, 0.4) is 0 Å². The monoisotopic (exact) mass is 330 g/mol. The van der Waals surface area contributed by atoms with Gasteiger partial charge in [0, 0.05) is 9.17 Å². The third-order valence-electron chi connectivity index (χ3n) is 2.92. The topological polar surface area (TPSA) is 0 Å². The lowest BCUT2D eigenvalue weighted by Crippen LogP contribution is -1.93. The number of hydrogen-bond acceptors (Lipinski definition) is 1. The lowest BCUT2D eigenvalue weighted by molar-refractivity contribution is 0.550. The van der Waals surface area contributed by atoms with Crippen molar-refractivity contribution < 1.29 is 0 Å². The van der Waals surface area contributed by atoms with Crippen molar-refractivity contribution in [2.24, 2.45) is 5.92 Å². The van der Waals surface area contributed by atoms with Crippen LogP contribution in [0.4, 0.5) is 0 Å². The molecule has 1 aromatic heterocycles. The fourth-order valence-electron chi connectivity index (χ4n) is 1.92. The first-order valence-corrected chi connectivity index (χ1v) is 8.00. The highest BCUT2D eigenvalue weighted by Gasteiger charge is 2.14. The van der Waals surface area contributed by atoms with Crippen molar-refractivity contribution in [2.45, 2.75) is 32.1 Å². The van der Waals surface area contributed by atoms with E-state index in [1.54, 1.807) is 11.3 Å². The second-order valence-corrected chi connectivity index (χ2v) is 7.01. The Morgan fingerprint density at radius 2 is 2.06 bits per heavy atom. The Hall–Kier alpha value is -0.0500. The Bertz CT molecular complexity index is 504. The molecule has 2 rings (SSSR count). The quantitative estimate of drug-likeness (QED) is 0.570. The first-order chi connectivity index (χ1) is 8.09. The van der Waals surface area contributed by atoms with Crippen molar-refractivity contribution in [2.75, 3.05) is 0 Å². The van der Waals surface area contributed by atoms with E-state index in [2.05, 4.69) is 53.4 Å². The highest BCUT2D eigenvalue weighted by Crippen LogP contribution is 2.39. The van der Waals surface area contributed by atoms with Crippen LogP contribution in [0.2, 0.25) is 0 Å². The van der Waals surface area contributed by atoms with E-state index >= 15 is 0 Å². The third-order valence-corrected chi connectivity index (χ3v) is 5.34. The zero-order valence-corrected chi connectivity index (χ0v) is 13.2. The highest BCUT2D eigenvalue weighted by atomic mass is 79.9. The highest BCUT2D eigenvalue weighted by molar-refractivity contribution is 9.10. The largest absolute Gasteiger partial charge is 0.142 e. The molecule has 0 amide bonds. The first kappa shape index (κ1) is 13.4. The molecule has 0 aliphatic heterocycles. The van der Waals surface area contributed by atoms with E-state index in [0.717, 1.165) is 6.42 Å². The number of benzene rings is 1. The molecule has 0 fully saturated rings. The Morgan fingerprint density at radius 1 is 1.29 bits per heavy atom. The summed E-state index contributed by atoms with van der Waals surface area (Å²) in [6.45, 7) is 4.48. The minimum atomic E-state index is 0.139. The lowest BCUT2D eigenvalue weighted by Gasteiger charge is -2.10. The fraction of sp³-hybridized carbons (Fsp3) is 0.429. The van der Waals surface area contributed by atoms with Gasteiger partial charge in [0.1, 0.15) is 0 Å². The van der Waals surface area contributed by atoms with Gasteiger partial charge in [0.25, 0.3) is 0 Å². The smallest absolute Gasteiger partial charge is 0.0599 e. The van der Waals surface area contributed by atoms with E-state index in [1.165, 1.54) is 26.5 Å². The van der Waals surface area contributed by atoms with E-state index in [9.17, 15) is 0 Å². The molecule has 0 nitrogen and oxygen atoms in total. The fourth-order valence-corrected chi connectivity index (χ4v) is 3.98. The number of hydrogen-bond donors (Lipinski definition) is 0. The second kappa shape index (κ2) is 5.73. The maximum absolute atomic E-state index is 6.51. The molecule has 3 heteroatoms. The summed E-state index contributed by atoms with van der Waals surface area (Å²) >= 11 is 11.9. The first-order valence-electron chi connectivity index (χ1n) is 5.89. The lowest BCUT2D eigenvalue weighted by atomic mass is 10.0. The molecule has 0 spiro atoms. The van der Waals surface area contributed by atoms with E-state index < -0.39 is 0 Å². The molecule has 0 radical (unpaired) electrons. The van der Waals surface area contributed by atoms with Crippen molar-refractivity contribution >= 4 is 49.0 Å². The van der Waals surface area contributed by atoms with Gasteiger partial charge in [0.05, 0.1) is 5.38 Å². The van der Waals surface area contributed by atoms with E-state index in [4.69, 9.17) is 11.6 Å². The molecule has 0 aliphatic rings. The van der Waals surface area contributed by atoms with Gasteiger partial charge >= 0.3 is 0 Å². The summed E-state index contributed by atoms with van der Waals surface area (Å²) in [5, 5.41) is 3.64. The van der Waals surface area contributed by atoms with Crippen LogP contribution in [0.25, 0.3) is 10.1 Å². The van der Waals surface area contributed by atoms with Crippen molar-refractivity contribution in [3.63, 3.8) is 0 Å². The third kappa shape index (κ3) is 3.04. The molecule has 0 saturated heterocycles. The summed E-state index contributed by atoms with van der Waals surface area (Å²) in [5.41, 5.74) is 1.29. The van der Waals surface area contributed by atoms with Gasteiger partial charge in [-0.25, -0.2) is 0 Å². The van der Waals surface area contributed by atoms with Crippen LogP contribution < -0.4 is 0 Å². The minimum absolute atomic E-state index is 0.139. The van der Waals surface area contributed by atoms with E-state index in [-0.39, 0.29) is 5.38 Å². The van der Waals surface area contributed by atoms with Gasteiger partial charge in [-0.05, 0) is 57.1 Å². The molecule has 2 aromatic rings. The molecule has 0 N–H and O–H groups in total. The van der Waals surface area contributed by atoms with Crippen LogP contribution in [-0.2, 0) is 0 Å². The standard InChI is InChI=1S/C14H16BrClS/c1-9(2)6-7-13(16)11-8-17-14-10(11)4-3-5-12(14)15/h3-5,8-9,13H,6-7H2,1-2H3. The average molecular weight is 332 g/mol. The molecule has 1 unspecified atom stereocenters. The van der Waals surface area contributed by atoms with Crippen LogP contribution in [0.5, 0.6) is 0 Å². The van der Waals surface area contributed by atoms with Gasteiger partial charge in [-0.1, -0.05) is 26.0 Å². The van der Waals surface area contributed by atoms with Crippen molar-refractivity contribution in [1.82, 2.24) is 0 Å². The Balaban J connectivity index is 2.27. The predicted octanol–water partition coefficient (Wildman–Crippen LogP) is 6.38. The zero-order chi connectivity index (χ0) is 12.4. The van der Waals surface area contributed by atoms with E-state index in [0.29, 0.717) is 5.92 Å². The molecule has 1 atom stereocenters. The van der Waals surface area contributed by atoms with Gasteiger partial charge in [-0.15, -0.1) is 22.9 Å². The summed E-state index contributed by atoms with van der Waals surface area (Å²) in [4.78, 5) is 0. The molecule has 92 valence electrons. The molecular weight excluding hydrogens is 316 g/mol. The maximum Gasteiger partial charge on any atom is 0.0599 e.